The third-order valence-corrected chi connectivity index (χ3v) is 4.17. The predicted octanol–water partition coefficient (Wildman–Crippen LogP) is 1.69. The molecule has 0 spiro atoms. The molecule has 1 aromatic carbocycles. The van der Waals surface area contributed by atoms with Crippen molar-refractivity contribution in [3.8, 4) is 0 Å². The fraction of sp³-hybridized carbons (Fsp3) is 0.500. The predicted molar refractivity (Wildman–Crippen MR) is 78.1 cm³/mol. The molecule has 5 nitrogen and oxygen atoms in total. The van der Waals surface area contributed by atoms with Gasteiger partial charge in [0.25, 0.3) is 0 Å². The number of aromatic carboxylic acids is 1. The number of carboxylic acids is 1. The smallest absolute Gasteiger partial charge is 0.335 e. The topological polar surface area (TPSA) is 77.8 Å². The number of aliphatic hydroxyl groups is 1. The molecule has 1 fully saturated rings. The van der Waals surface area contributed by atoms with E-state index in [0.717, 1.165) is 19.3 Å². The Morgan fingerprint density at radius 2 is 1.90 bits per heavy atom. The summed E-state index contributed by atoms with van der Waals surface area (Å²) in [6, 6.07) is 6.37. The molecule has 0 aliphatic heterocycles. The molecule has 5 heteroatoms. The lowest BCUT2D eigenvalue weighted by Gasteiger charge is -2.35. The molecule has 21 heavy (non-hydrogen) atoms. The van der Waals surface area contributed by atoms with Crippen LogP contribution in [-0.2, 0) is 11.2 Å². The number of hydrogen-bond acceptors (Lipinski definition) is 3. The summed E-state index contributed by atoms with van der Waals surface area (Å²) in [5.41, 5.74) is 0.663. The molecular formula is C16H21NO4. The van der Waals surface area contributed by atoms with Crippen molar-refractivity contribution in [2.75, 3.05) is 7.05 Å². The summed E-state index contributed by atoms with van der Waals surface area (Å²) in [6.07, 6.45) is 3.06. The molecule has 2 atom stereocenters. The zero-order chi connectivity index (χ0) is 15.4. The van der Waals surface area contributed by atoms with Crippen LogP contribution < -0.4 is 0 Å². The number of hydrogen-bond donors (Lipinski definition) is 2. The van der Waals surface area contributed by atoms with E-state index in [-0.39, 0.29) is 23.9 Å². The van der Waals surface area contributed by atoms with Gasteiger partial charge in [-0.15, -0.1) is 0 Å². The number of aliphatic hydroxyl groups excluding tert-OH is 1. The third-order valence-electron chi connectivity index (χ3n) is 4.17. The van der Waals surface area contributed by atoms with E-state index in [1.165, 1.54) is 6.07 Å². The fourth-order valence-corrected chi connectivity index (χ4v) is 2.90. The van der Waals surface area contributed by atoms with Gasteiger partial charge in [0.05, 0.1) is 24.1 Å². The van der Waals surface area contributed by atoms with E-state index in [2.05, 4.69) is 0 Å². The third kappa shape index (κ3) is 3.61. The number of likely N-dealkylation sites (N-methyl/N-ethyl adjacent to an activating group) is 1. The molecule has 1 saturated carbocycles. The average molecular weight is 291 g/mol. The SMILES string of the molecule is CN(C(=O)Cc1ccccc1C(=O)O)C1CCCCC1O. The maximum Gasteiger partial charge on any atom is 0.335 e. The second kappa shape index (κ2) is 6.72. The van der Waals surface area contributed by atoms with Crippen LogP contribution in [0.2, 0.25) is 0 Å². The second-order valence-corrected chi connectivity index (χ2v) is 5.56. The minimum atomic E-state index is -1.03. The van der Waals surface area contributed by atoms with Gasteiger partial charge in [0, 0.05) is 7.05 Å². The molecule has 2 unspecified atom stereocenters. The highest BCUT2D eigenvalue weighted by atomic mass is 16.4. The molecular weight excluding hydrogens is 270 g/mol. The zero-order valence-corrected chi connectivity index (χ0v) is 12.2. The van der Waals surface area contributed by atoms with Crippen molar-refractivity contribution in [2.45, 2.75) is 44.2 Å². The van der Waals surface area contributed by atoms with Crippen LogP contribution in [0.25, 0.3) is 0 Å². The molecule has 1 aromatic rings. The van der Waals surface area contributed by atoms with Crippen LogP contribution >= 0.6 is 0 Å². The van der Waals surface area contributed by atoms with Crippen molar-refractivity contribution in [3.63, 3.8) is 0 Å². The summed E-state index contributed by atoms with van der Waals surface area (Å²) in [4.78, 5) is 25.1. The Kier molecular flexibility index (Phi) is 4.96. The van der Waals surface area contributed by atoms with Gasteiger partial charge in [-0.2, -0.15) is 0 Å². The Morgan fingerprint density at radius 1 is 1.24 bits per heavy atom. The van der Waals surface area contributed by atoms with Crippen LogP contribution in [0.5, 0.6) is 0 Å². The molecule has 0 bridgehead atoms. The molecule has 1 amide bonds. The van der Waals surface area contributed by atoms with E-state index in [9.17, 15) is 14.7 Å². The maximum absolute atomic E-state index is 12.4. The number of carbonyl (C=O) groups is 2. The minimum absolute atomic E-state index is 0.0438. The summed E-state index contributed by atoms with van der Waals surface area (Å²) >= 11 is 0. The molecule has 2 rings (SSSR count). The lowest BCUT2D eigenvalue weighted by molar-refractivity contribution is -0.134. The monoisotopic (exact) mass is 291 g/mol. The number of rotatable bonds is 4. The lowest BCUT2D eigenvalue weighted by Crippen LogP contribution is -2.46. The van der Waals surface area contributed by atoms with Crippen LogP contribution in [0.15, 0.2) is 24.3 Å². The normalized spacial score (nSPS) is 21.8. The van der Waals surface area contributed by atoms with Gasteiger partial charge in [-0.05, 0) is 24.5 Å². The van der Waals surface area contributed by atoms with Gasteiger partial charge < -0.3 is 15.1 Å². The fourth-order valence-electron chi connectivity index (χ4n) is 2.90. The number of benzene rings is 1. The van der Waals surface area contributed by atoms with Crippen molar-refractivity contribution < 1.29 is 19.8 Å². The summed E-state index contributed by atoms with van der Waals surface area (Å²) < 4.78 is 0. The van der Waals surface area contributed by atoms with Crippen molar-refractivity contribution in [2.24, 2.45) is 0 Å². The van der Waals surface area contributed by atoms with Gasteiger partial charge in [0.15, 0.2) is 0 Å². The van der Waals surface area contributed by atoms with Gasteiger partial charge in [-0.25, -0.2) is 4.79 Å². The van der Waals surface area contributed by atoms with E-state index in [0.29, 0.717) is 12.0 Å². The van der Waals surface area contributed by atoms with Crippen molar-refractivity contribution >= 4 is 11.9 Å². The molecule has 0 saturated heterocycles. The zero-order valence-electron chi connectivity index (χ0n) is 12.2. The first-order valence-electron chi connectivity index (χ1n) is 7.25. The Morgan fingerprint density at radius 3 is 2.57 bits per heavy atom. The molecule has 0 aromatic heterocycles. The first-order chi connectivity index (χ1) is 10.0. The standard InChI is InChI=1S/C16H21NO4/c1-17(13-8-4-5-9-14(13)18)15(19)10-11-6-2-3-7-12(11)16(20)21/h2-3,6-7,13-14,18H,4-5,8-10H2,1H3,(H,20,21). The van der Waals surface area contributed by atoms with Gasteiger partial charge in [0.1, 0.15) is 0 Å². The second-order valence-electron chi connectivity index (χ2n) is 5.56. The lowest BCUT2D eigenvalue weighted by atomic mass is 9.91. The van der Waals surface area contributed by atoms with E-state index in [1.54, 1.807) is 30.1 Å². The Bertz CT molecular complexity index is 529. The number of carbonyl (C=O) groups excluding carboxylic acids is 1. The molecule has 1 aliphatic carbocycles. The maximum atomic E-state index is 12.4. The van der Waals surface area contributed by atoms with Crippen LogP contribution in [0.3, 0.4) is 0 Å². The van der Waals surface area contributed by atoms with Gasteiger partial charge >= 0.3 is 5.97 Å². The van der Waals surface area contributed by atoms with Crippen LogP contribution in [0.4, 0.5) is 0 Å². The van der Waals surface area contributed by atoms with Crippen molar-refractivity contribution in [1.29, 1.82) is 0 Å². The summed E-state index contributed by atoms with van der Waals surface area (Å²) in [5.74, 6) is -1.19. The summed E-state index contributed by atoms with van der Waals surface area (Å²) in [6.45, 7) is 0. The van der Waals surface area contributed by atoms with Crippen LogP contribution in [0.1, 0.15) is 41.6 Å². The first kappa shape index (κ1) is 15.5. The highest BCUT2D eigenvalue weighted by Crippen LogP contribution is 2.23. The van der Waals surface area contributed by atoms with Crippen LogP contribution in [-0.4, -0.2) is 46.2 Å². The molecule has 0 heterocycles. The average Bonchev–Trinajstić information content (AvgIpc) is 2.47. The van der Waals surface area contributed by atoms with Gasteiger partial charge in [-0.3, -0.25) is 4.79 Å². The molecule has 2 N–H and O–H groups in total. The Balaban J connectivity index is 2.09. The number of carboxylic acid groups (broad SMARTS) is 1. The molecule has 0 radical (unpaired) electrons. The Hall–Kier alpha value is -1.88. The number of nitrogens with zero attached hydrogens (tertiary/aromatic N) is 1. The van der Waals surface area contributed by atoms with E-state index < -0.39 is 12.1 Å². The van der Waals surface area contributed by atoms with Gasteiger partial charge in [-0.1, -0.05) is 31.0 Å². The summed E-state index contributed by atoms with van der Waals surface area (Å²) in [7, 11) is 1.69. The van der Waals surface area contributed by atoms with Crippen molar-refractivity contribution in [3.05, 3.63) is 35.4 Å². The van der Waals surface area contributed by atoms with Crippen molar-refractivity contribution in [1.82, 2.24) is 4.90 Å². The highest BCUT2D eigenvalue weighted by molar-refractivity contribution is 5.91. The van der Waals surface area contributed by atoms with E-state index in [1.807, 2.05) is 0 Å². The van der Waals surface area contributed by atoms with Gasteiger partial charge in [0.2, 0.25) is 5.91 Å². The van der Waals surface area contributed by atoms with E-state index >= 15 is 0 Å². The Labute approximate surface area is 124 Å². The molecule has 114 valence electrons. The quantitative estimate of drug-likeness (QED) is 0.885. The number of amides is 1. The summed E-state index contributed by atoms with van der Waals surface area (Å²) in [5, 5.41) is 19.2. The first-order valence-corrected chi connectivity index (χ1v) is 7.25. The molecule has 1 aliphatic rings. The minimum Gasteiger partial charge on any atom is -0.478 e. The van der Waals surface area contributed by atoms with E-state index in [4.69, 9.17) is 5.11 Å². The largest absolute Gasteiger partial charge is 0.478 e. The van der Waals surface area contributed by atoms with Crippen LogP contribution in [0, 0.1) is 0 Å². The highest BCUT2D eigenvalue weighted by Gasteiger charge is 2.29.